The van der Waals surface area contributed by atoms with E-state index in [1.54, 1.807) is 19.3 Å². The third-order valence-corrected chi connectivity index (χ3v) is 3.90. The van der Waals surface area contributed by atoms with Gasteiger partial charge in [-0.25, -0.2) is 0 Å². The molecule has 0 aromatic heterocycles. The molecule has 0 amide bonds. The zero-order valence-electron chi connectivity index (χ0n) is 16.0. The van der Waals surface area contributed by atoms with Crippen LogP contribution in [0.15, 0.2) is 46.5 Å². The van der Waals surface area contributed by atoms with Crippen molar-refractivity contribution >= 4 is 11.6 Å². The van der Waals surface area contributed by atoms with Crippen LogP contribution in [0, 0.1) is 0 Å². The molecule has 0 unspecified atom stereocenters. The lowest BCUT2D eigenvalue weighted by Gasteiger charge is -2.31. The topological polar surface area (TPSA) is 71.1 Å². The summed E-state index contributed by atoms with van der Waals surface area (Å²) in [5.41, 5.74) is 0.980. The van der Waals surface area contributed by atoms with E-state index >= 15 is 0 Å². The first-order valence-corrected chi connectivity index (χ1v) is 8.54. The minimum absolute atomic E-state index is 0.00485. The van der Waals surface area contributed by atoms with E-state index in [4.69, 9.17) is 18.9 Å². The van der Waals surface area contributed by atoms with Crippen molar-refractivity contribution in [2.24, 2.45) is 0 Å². The lowest BCUT2D eigenvalue weighted by Crippen LogP contribution is -2.34. The van der Waals surface area contributed by atoms with Gasteiger partial charge in [0.1, 0.15) is 5.60 Å². The van der Waals surface area contributed by atoms with E-state index in [0.717, 1.165) is 5.57 Å². The van der Waals surface area contributed by atoms with Gasteiger partial charge in [0, 0.05) is 7.11 Å². The van der Waals surface area contributed by atoms with Crippen LogP contribution in [-0.2, 0) is 28.5 Å². The number of ketones is 2. The Morgan fingerprint density at radius 1 is 1.19 bits per heavy atom. The lowest BCUT2D eigenvalue weighted by molar-refractivity contribution is -0.127. The minimum Gasteiger partial charge on any atom is -0.479 e. The average molecular weight is 362 g/mol. The molecule has 0 aromatic carbocycles. The first-order valence-electron chi connectivity index (χ1n) is 8.54. The van der Waals surface area contributed by atoms with Gasteiger partial charge in [-0.15, -0.1) is 0 Å². The van der Waals surface area contributed by atoms with Crippen molar-refractivity contribution in [3.63, 3.8) is 0 Å². The van der Waals surface area contributed by atoms with Crippen LogP contribution in [0.1, 0.15) is 34.1 Å². The van der Waals surface area contributed by atoms with Crippen molar-refractivity contribution in [1.29, 1.82) is 0 Å². The van der Waals surface area contributed by atoms with Crippen LogP contribution < -0.4 is 0 Å². The van der Waals surface area contributed by atoms with Crippen LogP contribution in [0.5, 0.6) is 0 Å². The van der Waals surface area contributed by atoms with Gasteiger partial charge in [0.15, 0.2) is 24.1 Å². The zero-order valence-corrected chi connectivity index (χ0v) is 16.0. The summed E-state index contributed by atoms with van der Waals surface area (Å²) in [5, 5.41) is 0. The second-order valence-electron chi connectivity index (χ2n) is 6.90. The average Bonchev–Trinajstić information content (AvgIpc) is 2.57. The predicted octanol–water partition coefficient (Wildman–Crippen LogP) is 3.00. The van der Waals surface area contributed by atoms with Crippen LogP contribution in [0.2, 0.25) is 0 Å². The molecule has 6 nitrogen and oxygen atoms in total. The number of allylic oxidation sites excluding steroid dienone is 5. The quantitative estimate of drug-likeness (QED) is 0.286. The van der Waals surface area contributed by atoms with Gasteiger partial charge < -0.3 is 18.9 Å². The van der Waals surface area contributed by atoms with Crippen LogP contribution in [-0.4, -0.2) is 44.3 Å². The van der Waals surface area contributed by atoms with Crippen LogP contribution in [0.3, 0.4) is 0 Å². The maximum absolute atomic E-state index is 12.9. The Hall–Kier alpha value is -2.18. The molecular weight excluding hydrogens is 336 g/mol. The molecule has 0 fully saturated rings. The van der Waals surface area contributed by atoms with Crippen molar-refractivity contribution in [2.45, 2.75) is 39.7 Å². The normalized spacial score (nSPS) is 18.7. The minimum atomic E-state index is -0.660. The fourth-order valence-corrected chi connectivity index (χ4v) is 2.51. The first-order chi connectivity index (χ1) is 12.3. The Morgan fingerprint density at radius 2 is 1.92 bits per heavy atom. The predicted molar refractivity (Wildman–Crippen MR) is 96.2 cm³/mol. The fourth-order valence-electron chi connectivity index (χ4n) is 2.51. The van der Waals surface area contributed by atoms with Crippen molar-refractivity contribution in [2.75, 3.05) is 27.1 Å². The SMILES string of the molecule is COCCOCOC1=C(CC=C(C)C)C(=O)C2=C(OC(C)(C)C=C2)C1=O. The van der Waals surface area contributed by atoms with E-state index in [1.807, 2.05) is 33.8 Å². The summed E-state index contributed by atoms with van der Waals surface area (Å²) in [7, 11) is 1.57. The Morgan fingerprint density at radius 3 is 2.58 bits per heavy atom. The second-order valence-corrected chi connectivity index (χ2v) is 6.90. The largest absolute Gasteiger partial charge is 0.479 e. The number of rotatable bonds is 8. The summed E-state index contributed by atoms with van der Waals surface area (Å²) < 4.78 is 21.5. The molecule has 26 heavy (non-hydrogen) atoms. The van der Waals surface area contributed by atoms with Gasteiger partial charge in [-0.05, 0) is 46.3 Å². The summed E-state index contributed by atoms with van der Waals surface area (Å²) in [5.74, 6) is -0.648. The molecule has 1 aliphatic heterocycles. The van der Waals surface area contributed by atoms with Gasteiger partial charge in [-0.2, -0.15) is 0 Å². The maximum atomic E-state index is 12.9. The fraction of sp³-hybridized carbons (Fsp3) is 0.500. The third kappa shape index (κ3) is 4.71. The highest BCUT2D eigenvalue weighted by molar-refractivity contribution is 6.25. The Balaban J connectivity index is 2.28. The van der Waals surface area contributed by atoms with Gasteiger partial charge in [0.25, 0.3) is 5.78 Å². The van der Waals surface area contributed by atoms with E-state index in [-0.39, 0.29) is 29.7 Å². The molecule has 0 N–H and O–H groups in total. The van der Waals surface area contributed by atoms with Crippen molar-refractivity contribution in [3.8, 4) is 0 Å². The molecule has 0 saturated carbocycles. The molecule has 6 heteroatoms. The van der Waals surface area contributed by atoms with E-state index in [9.17, 15) is 9.59 Å². The standard InChI is InChI=1S/C20H26O6/c1-13(2)6-7-14-16(21)15-8-9-20(3,4)26-19(15)17(22)18(14)25-12-24-11-10-23-5/h6,8-9H,7,10-12H2,1-5H3. The summed E-state index contributed by atoms with van der Waals surface area (Å²) >= 11 is 0. The second kappa shape index (κ2) is 8.47. The molecule has 0 radical (unpaired) electrons. The van der Waals surface area contributed by atoms with E-state index in [2.05, 4.69) is 0 Å². The highest BCUT2D eigenvalue weighted by Gasteiger charge is 2.40. The zero-order chi connectivity index (χ0) is 19.3. The highest BCUT2D eigenvalue weighted by Crippen LogP contribution is 2.35. The molecule has 2 rings (SSSR count). The van der Waals surface area contributed by atoms with Crippen LogP contribution in [0.4, 0.5) is 0 Å². The summed E-state index contributed by atoms with van der Waals surface area (Å²) in [6, 6.07) is 0. The van der Waals surface area contributed by atoms with E-state index < -0.39 is 11.4 Å². The van der Waals surface area contributed by atoms with E-state index in [0.29, 0.717) is 25.2 Å². The van der Waals surface area contributed by atoms with E-state index in [1.165, 1.54) is 0 Å². The first kappa shape index (κ1) is 20.1. The maximum Gasteiger partial charge on any atom is 0.263 e. The summed E-state index contributed by atoms with van der Waals surface area (Å²) in [6.45, 7) is 8.11. The molecule has 1 heterocycles. The van der Waals surface area contributed by atoms with Gasteiger partial charge in [-0.1, -0.05) is 11.6 Å². The molecule has 142 valence electrons. The molecule has 0 aromatic rings. The molecule has 0 saturated heterocycles. The van der Waals surface area contributed by atoms with Gasteiger partial charge >= 0.3 is 0 Å². The van der Waals surface area contributed by atoms with Gasteiger partial charge in [-0.3, -0.25) is 9.59 Å². The smallest absolute Gasteiger partial charge is 0.263 e. The Kier molecular flexibility index (Phi) is 6.56. The lowest BCUT2D eigenvalue weighted by atomic mass is 9.87. The third-order valence-electron chi connectivity index (χ3n) is 3.90. The van der Waals surface area contributed by atoms with Crippen LogP contribution >= 0.6 is 0 Å². The molecular formula is C20H26O6. The number of methoxy groups -OCH3 is 1. The number of hydrogen-bond acceptors (Lipinski definition) is 6. The molecule has 2 aliphatic rings. The Bertz CT molecular complexity index is 702. The summed E-state index contributed by atoms with van der Waals surface area (Å²) in [4.78, 5) is 25.8. The molecule has 1 aliphatic carbocycles. The molecule has 0 atom stereocenters. The number of carbonyl (C=O) groups is 2. The van der Waals surface area contributed by atoms with Gasteiger partial charge in [0.05, 0.1) is 24.4 Å². The summed E-state index contributed by atoms with van der Waals surface area (Å²) in [6.07, 6.45) is 5.63. The molecule has 0 spiro atoms. The van der Waals surface area contributed by atoms with Gasteiger partial charge in [0.2, 0.25) is 0 Å². The number of carbonyl (C=O) groups excluding carboxylic acids is 2. The van der Waals surface area contributed by atoms with Crippen LogP contribution in [0.25, 0.3) is 0 Å². The monoisotopic (exact) mass is 362 g/mol. The van der Waals surface area contributed by atoms with Crippen molar-refractivity contribution < 1.29 is 28.5 Å². The highest BCUT2D eigenvalue weighted by atomic mass is 16.7. The number of Topliss-reactive ketones (excluding diaryl/α,β-unsaturated/α-hetero) is 2. The number of ether oxygens (including phenoxy) is 4. The number of hydrogen-bond donors (Lipinski definition) is 0. The van der Waals surface area contributed by atoms with Crippen molar-refractivity contribution in [1.82, 2.24) is 0 Å². The van der Waals surface area contributed by atoms with Crippen molar-refractivity contribution in [3.05, 3.63) is 46.5 Å². The molecule has 0 bridgehead atoms. The Labute approximate surface area is 154 Å².